The van der Waals surface area contributed by atoms with Gasteiger partial charge in [0.25, 0.3) is 11.8 Å². The van der Waals surface area contributed by atoms with Crippen LogP contribution in [0.2, 0.25) is 0 Å². The van der Waals surface area contributed by atoms with Gasteiger partial charge < -0.3 is 18.6 Å². The number of rotatable bonds is 4. The van der Waals surface area contributed by atoms with Crippen molar-refractivity contribution in [1.29, 1.82) is 0 Å². The molecule has 4 heterocycles. The first kappa shape index (κ1) is 20.5. The Bertz CT molecular complexity index is 1450. The summed E-state index contributed by atoms with van der Waals surface area (Å²) in [6.45, 7) is 7.77. The zero-order chi connectivity index (χ0) is 23.7. The summed E-state index contributed by atoms with van der Waals surface area (Å²) in [5, 5.41) is 3.57. The van der Waals surface area contributed by atoms with Gasteiger partial charge in [0.05, 0.1) is 23.7 Å². The van der Waals surface area contributed by atoms with Gasteiger partial charge >= 0.3 is 0 Å². The van der Waals surface area contributed by atoms with Crippen molar-refractivity contribution in [3.63, 3.8) is 0 Å². The van der Waals surface area contributed by atoms with E-state index in [0.29, 0.717) is 34.1 Å². The van der Waals surface area contributed by atoms with Crippen LogP contribution in [0.25, 0.3) is 32.9 Å². The molecule has 0 atom stereocenters. The Kier molecular flexibility index (Phi) is 4.36. The van der Waals surface area contributed by atoms with Crippen molar-refractivity contribution in [2.45, 2.75) is 39.8 Å². The second-order valence-electron chi connectivity index (χ2n) is 9.29. The molecule has 6 nitrogen and oxygen atoms in total. The predicted molar refractivity (Wildman–Crippen MR) is 130 cm³/mol. The first-order valence-electron chi connectivity index (χ1n) is 11.5. The molecule has 0 spiro atoms. The Morgan fingerprint density at radius 3 is 1.38 bits per heavy atom. The second kappa shape index (κ2) is 7.22. The third-order valence-electron chi connectivity index (χ3n) is 6.55. The van der Waals surface area contributed by atoms with Crippen molar-refractivity contribution in [2.24, 2.45) is 0 Å². The van der Waals surface area contributed by atoms with Gasteiger partial charge in [0.2, 0.25) is 0 Å². The molecule has 0 bridgehead atoms. The molecule has 2 aliphatic heterocycles. The molecule has 6 rings (SSSR count). The smallest absolute Gasteiger partial charge is 0.261 e. The summed E-state index contributed by atoms with van der Waals surface area (Å²) >= 11 is 0. The molecule has 0 unspecified atom stereocenters. The van der Waals surface area contributed by atoms with Gasteiger partial charge in [-0.1, -0.05) is 48.5 Å². The Morgan fingerprint density at radius 2 is 1.00 bits per heavy atom. The molecular weight excluding hydrogens is 428 g/mol. The zero-order valence-electron chi connectivity index (χ0n) is 19.5. The molecule has 6 heteroatoms. The number of nitrogens with zero attached hydrogens (tertiary/aromatic N) is 2. The molecule has 0 fully saturated rings. The highest BCUT2D eigenvalue weighted by Crippen LogP contribution is 2.50. The average molecular weight is 453 g/mol. The van der Waals surface area contributed by atoms with E-state index in [4.69, 9.17) is 8.83 Å². The van der Waals surface area contributed by atoms with Crippen LogP contribution in [0.15, 0.2) is 81.0 Å². The molecule has 2 amide bonds. The molecule has 2 aliphatic rings. The van der Waals surface area contributed by atoms with E-state index >= 15 is 0 Å². The summed E-state index contributed by atoms with van der Waals surface area (Å²) < 4.78 is 12.0. The third kappa shape index (κ3) is 2.62. The maximum Gasteiger partial charge on any atom is 0.261 e. The maximum absolute atomic E-state index is 14.0. The van der Waals surface area contributed by atoms with Crippen LogP contribution in [-0.4, -0.2) is 33.7 Å². The number of hydrogen-bond acceptors (Lipinski definition) is 4. The number of furan rings is 2. The van der Waals surface area contributed by atoms with Gasteiger partial charge in [-0.25, -0.2) is 0 Å². The minimum absolute atomic E-state index is 0.174. The molecule has 4 aromatic rings. The summed E-state index contributed by atoms with van der Waals surface area (Å²) in [7, 11) is 0. The minimum atomic E-state index is -0.215. The van der Waals surface area contributed by atoms with Crippen LogP contribution in [0.3, 0.4) is 0 Å². The predicted octanol–water partition coefficient (Wildman–Crippen LogP) is 5.80. The lowest BCUT2D eigenvalue weighted by Gasteiger charge is -2.28. The Hall–Kier alpha value is -4.06. The van der Waals surface area contributed by atoms with Crippen LogP contribution in [0.4, 0.5) is 0 Å². The average Bonchev–Trinajstić information content (AvgIpc) is 3.55. The van der Waals surface area contributed by atoms with Gasteiger partial charge in [0.15, 0.2) is 11.5 Å². The normalized spacial score (nSPS) is 16.5. The van der Waals surface area contributed by atoms with E-state index < -0.39 is 0 Å². The largest absolute Gasteiger partial charge is 0.461 e. The van der Waals surface area contributed by atoms with Crippen LogP contribution in [-0.2, 0) is 9.59 Å². The van der Waals surface area contributed by atoms with Crippen molar-refractivity contribution in [3.8, 4) is 0 Å². The van der Waals surface area contributed by atoms with E-state index in [-0.39, 0.29) is 23.9 Å². The first-order chi connectivity index (χ1) is 16.4. The van der Waals surface area contributed by atoms with Crippen molar-refractivity contribution >= 4 is 44.8 Å². The highest BCUT2D eigenvalue weighted by molar-refractivity contribution is 6.31. The number of amides is 2. The topological polar surface area (TPSA) is 66.9 Å². The van der Waals surface area contributed by atoms with Gasteiger partial charge in [-0.2, -0.15) is 0 Å². The first-order valence-corrected chi connectivity index (χ1v) is 11.5. The van der Waals surface area contributed by atoms with Crippen LogP contribution < -0.4 is 0 Å². The van der Waals surface area contributed by atoms with E-state index in [0.717, 1.165) is 21.5 Å². The molecule has 2 aromatic carbocycles. The summed E-state index contributed by atoms with van der Waals surface area (Å²) in [6, 6.07) is 15.2. The van der Waals surface area contributed by atoms with E-state index in [9.17, 15) is 9.59 Å². The third-order valence-corrected chi connectivity index (χ3v) is 6.55. The summed E-state index contributed by atoms with van der Waals surface area (Å²) in [6.07, 6.45) is 3.34. The quantitative estimate of drug-likeness (QED) is 0.392. The number of fused-ring (bicyclic) bond motifs is 3. The molecular formula is C28H24N2O4. The Balaban J connectivity index is 1.71. The molecule has 0 saturated carbocycles. The molecule has 34 heavy (non-hydrogen) atoms. The highest BCUT2D eigenvalue weighted by Gasteiger charge is 2.52. The number of hydrogen-bond donors (Lipinski definition) is 0. The fraction of sp³-hybridized carbons (Fsp3) is 0.214. The number of carbonyl (C=O) groups excluding carboxylic acids is 2. The Morgan fingerprint density at radius 1 is 0.618 bits per heavy atom. The summed E-state index contributed by atoms with van der Waals surface area (Å²) in [5.41, 5.74) is 1.81. The van der Waals surface area contributed by atoms with E-state index in [1.165, 1.54) is 0 Å². The van der Waals surface area contributed by atoms with E-state index in [1.807, 2.05) is 76.2 Å². The highest BCUT2D eigenvalue weighted by atomic mass is 16.3. The summed E-state index contributed by atoms with van der Waals surface area (Å²) in [4.78, 5) is 31.3. The lowest BCUT2D eigenvalue weighted by Crippen LogP contribution is -2.36. The van der Waals surface area contributed by atoms with Gasteiger partial charge in [-0.15, -0.1) is 0 Å². The van der Waals surface area contributed by atoms with Crippen LogP contribution in [0, 0.1) is 0 Å². The SMILES string of the molecule is CC(C)N1C(=O)C2=C(c3occ4ccccc34)N(C(C)C)C(=O)C2=C1c1occ2ccccc12. The summed E-state index contributed by atoms with van der Waals surface area (Å²) in [5.74, 6) is 0.635. The Labute approximate surface area is 196 Å². The van der Waals surface area contributed by atoms with Gasteiger partial charge in [-0.05, 0) is 27.7 Å². The lowest BCUT2D eigenvalue weighted by atomic mass is 10.0. The minimum Gasteiger partial charge on any atom is -0.461 e. The van der Waals surface area contributed by atoms with E-state index in [1.54, 1.807) is 22.3 Å². The fourth-order valence-corrected chi connectivity index (χ4v) is 5.12. The maximum atomic E-state index is 14.0. The fourth-order valence-electron chi connectivity index (χ4n) is 5.12. The molecule has 0 aliphatic carbocycles. The monoisotopic (exact) mass is 452 g/mol. The van der Waals surface area contributed by atoms with Gasteiger partial charge in [0, 0.05) is 33.6 Å². The number of benzene rings is 2. The molecule has 170 valence electrons. The van der Waals surface area contributed by atoms with E-state index in [2.05, 4.69) is 0 Å². The molecule has 0 saturated heterocycles. The van der Waals surface area contributed by atoms with Crippen molar-refractivity contribution < 1.29 is 18.4 Å². The second-order valence-corrected chi connectivity index (χ2v) is 9.29. The van der Waals surface area contributed by atoms with Crippen LogP contribution in [0.1, 0.15) is 39.2 Å². The van der Waals surface area contributed by atoms with Gasteiger partial charge in [-0.3, -0.25) is 9.59 Å². The van der Waals surface area contributed by atoms with Crippen molar-refractivity contribution in [3.05, 3.63) is 83.7 Å². The van der Waals surface area contributed by atoms with Gasteiger partial charge in [0.1, 0.15) is 11.4 Å². The van der Waals surface area contributed by atoms with Crippen molar-refractivity contribution in [1.82, 2.24) is 9.80 Å². The molecule has 0 N–H and O–H groups in total. The van der Waals surface area contributed by atoms with Crippen LogP contribution in [0.5, 0.6) is 0 Å². The van der Waals surface area contributed by atoms with Crippen LogP contribution >= 0.6 is 0 Å². The zero-order valence-corrected chi connectivity index (χ0v) is 19.5. The molecule has 2 aromatic heterocycles. The number of carbonyl (C=O) groups is 2. The standard InChI is InChI=1S/C28H24N2O4/c1-15(2)29-23(25-19-11-7-5-9-17(19)13-33-25)21-22(27(29)31)24(30(16(3)4)28(21)32)26-20-12-8-6-10-18(20)14-34-26/h5-16H,1-4H3. The van der Waals surface area contributed by atoms with Crippen molar-refractivity contribution in [2.75, 3.05) is 0 Å². The molecule has 0 radical (unpaired) electrons. The lowest BCUT2D eigenvalue weighted by molar-refractivity contribution is -0.125.